The summed E-state index contributed by atoms with van der Waals surface area (Å²) in [4.78, 5) is 47.7. The van der Waals surface area contributed by atoms with E-state index in [1.54, 1.807) is 37.3 Å². The summed E-state index contributed by atoms with van der Waals surface area (Å²) in [6.45, 7) is 2.40. The number of imidazole rings is 1. The minimum atomic E-state index is -0.427. The van der Waals surface area contributed by atoms with E-state index in [9.17, 15) is 14.4 Å². The number of hydrogen-bond donors (Lipinski definition) is 0. The van der Waals surface area contributed by atoms with Crippen LogP contribution in [-0.2, 0) is 20.6 Å². The Morgan fingerprint density at radius 3 is 2.24 bits per heavy atom. The van der Waals surface area contributed by atoms with Crippen molar-refractivity contribution in [2.75, 3.05) is 45.3 Å². The minimum absolute atomic E-state index is 0.0975. The van der Waals surface area contributed by atoms with Gasteiger partial charge in [-0.25, -0.2) is 4.79 Å². The van der Waals surface area contributed by atoms with E-state index in [4.69, 9.17) is 14.5 Å². The largest absolute Gasteiger partial charge is 0.493 e. The third kappa shape index (κ3) is 4.29. The molecule has 0 unspecified atom stereocenters. The molecule has 198 valence electrons. The first-order chi connectivity index (χ1) is 18.3. The summed E-state index contributed by atoms with van der Waals surface area (Å²) in [5.41, 5.74) is 1.42. The fourth-order valence-electron chi connectivity index (χ4n) is 4.85. The SMILES string of the molecule is COc1ccc(C(=O)N2CCN(c3nc4c(c(=O)n(C)c(=O)n4C)n3Cc3ccccc3)CC2)cc1OC. The number of aromatic nitrogens is 4. The molecule has 5 rings (SSSR count). The summed E-state index contributed by atoms with van der Waals surface area (Å²) < 4.78 is 15.0. The molecule has 0 spiro atoms. The van der Waals surface area contributed by atoms with Crippen molar-refractivity contribution >= 4 is 23.0 Å². The van der Waals surface area contributed by atoms with Crippen molar-refractivity contribution in [3.63, 3.8) is 0 Å². The zero-order chi connectivity index (χ0) is 27.0. The lowest BCUT2D eigenvalue weighted by molar-refractivity contribution is 0.0745. The monoisotopic (exact) mass is 518 g/mol. The van der Waals surface area contributed by atoms with E-state index in [1.807, 2.05) is 34.9 Å². The van der Waals surface area contributed by atoms with Crippen molar-refractivity contribution in [1.29, 1.82) is 0 Å². The maximum absolute atomic E-state index is 13.2. The molecule has 3 heterocycles. The number of piperazine rings is 1. The maximum Gasteiger partial charge on any atom is 0.332 e. The van der Waals surface area contributed by atoms with E-state index in [1.165, 1.54) is 18.7 Å². The number of ether oxygens (including phenoxy) is 2. The van der Waals surface area contributed by atoms with Crippen LogP contribution in [0.15, 0.2) is 58.1 Å². The Hall–Kier alpha value is -4.54. The number of methoxy groups -OCH3 is 2. The van der Waals surface area contributed by atoms with Crippen LogP contribution >= 0.6 is 0 Å². The van der Waals surface area contributed by atoms with Gasteiger partial charge in [0.1, 0.15) is 0 Å². The summed E-state index contributed by atoms with van der Waals surface area (Å²) in [7, 11) is 6.18. The molecule has 2 aromatic heterocycles. The molecule has 11 nitrogen and oxygen atoms in total. The standard InChI is InChI=1S/C27H30N6O5/c1-29-23-22(25(35)30(2)27(29)36)33(17-18-8-6-5-7-9-18)26(28-23)32-14-12-31(13-15-32)24(34)19-10-11-20(37-3)21(16-19)38-4/h5-11,16H,12-15,17H2,1-4H3. The quantitative estimate of drug-likeness (QED) is 0.381. The summed E-state index contributed by atoms with van der Waals surface area (Å²) in [6.07, 6.45) is 0. The van der Waals surface area contributed by atoms with Crippen LogP contribution in [-0.4, -0.2) is 69.9 Å². The normalized spacial score (nSPS) is 13.7. The molecule has 38 heavy (non-hydrogen) atoms. The molecule has 0 aliphatic carbocycles. The van der Waals surface area contributed by atoms with Gasteiger partial charge in [-0.3, -0.25) is 23.3 Å². The second-order valence-electron chi connectivity index (χ2n) is 9.21. The van der Waals surface area contributed by atoms with E-state index in [2.05, 4.69) is 4.90 Å². The van der Waals surface area contributed by atoms with Crippen LogP contribution < -0.4 is 25.6 Å². The van der Waals surface area contributed by atoms with Gasteiger partial charge < -0.3 is 19.3 Å². The Balaban J connectivity index is 1.46. The van der Waals surface area contributed by atoms with Crippen molar-refractivity contribution in [2.45, 2.75) is 6.54 Å². The van der Waals surface area contributed by atoms with Crippen LogP contribution in [0.25, 0.3) is 11.2 Å². The summed E-state index contributed by atoms with van der Waals surface area (Å²) >= 11 is 0. The molecule has 0 bridgehead atoms. The Morgan fingerprint density at radius 2 is 1.58 bits per heavy atom. The van der Waals surface area contributed by atoms with Gasteiger partial charge in [0.15, 0.2) is 22.7 Å². The van der Waals surface area contributed by atoms with Gasteiger partial charge in [0.2, 0.25) is 5.95 Å². The third-order valence-electron chi connectivity index (χ3n) is 6.99. The topological polar surface area (TPSA) is 104 Å². The van der Waals surface area contributed by atoms with Crippen molar-refractivity contribution in [3.05, 3.63) is 80.5 Å². The van der Waals surface area contributed by atoms with Gasteiger partial charge in [-0.15, -0.1) is 0 Å². The highest BCUT2D eigenvalue weighted by molar-refractivity contribution is 5.95. The lowest BCUT2D eigenvalue weighted by Crippen LogP contribution is -2.49. The molecule has 1 aliphatic rings. The minimum Gasteiger partial charge on any atom is -0.493 e. The molecular formula is C27H30N6O5. The lowest BCUT2D eigenvalue weighted by atomic mass is 10.1. The number of benzene rings is 2. The van der Waals surface area contributed by atoms with Gasteiger partial charge in [0, 0.05) is 45.8 Å². The van der Waals surface area contributed by atoms with Crippen LogP contribution in [0.2, 0.25) is 0 Å². The zero-order valence-electron chi connectivity index (χ0n) is 21.9. The predicted molar refractivity (Wildman–Crippen MR) is 143 cm³/mol. The number of hydrogen-bond acceptors (Lipinski definition) is 7. The Kier molecular flexibility index (Phi) is 6.66. The Labute approximate surface area is 219 Å². The number of rotatable bonds is 6. The number of carbonyl (C=O) groups is 1. The fraction of sp³-hybridized carbons (Fsp3) is 0.333. The van der Waals surface area contributed by atoms with Gasteiger partial charge in [0.05, 0.1) is 20.8 Å². The van der Waals surface area contributed by atoms with E-state index < -0.39 is 5.69 Å². The van der Waals surface area contributed by atoms with E-state index in [-0.39, 0.29) is 11.5 Å². The van der Waals surface area contributed by atoms with Gasteiger partial charge in [-0.2, -0.15) is 4.98 Å². The molecule has 0 saturated carbocycles. The van der Waals surface area contributed by atoms with Crippen molar-refractivity contribution < 1.29 is 14.3 Å². The van der Waals surface area contributed by atoms with E-state index in [0.717, 1.165) is 10.1 Å². The predicted octanol–water partition coefficient (Wildman–Crippen LogP) is 1.46. The molecule has 0 atom stereocenters. The van der Waals surface area contributed by atoms with Crippen molar-refractivity contribution in [1.82, 2.24) is 23.6 Å². The number of anilines is 1. The third-order valence-corrected chi connectivity index (χ3v) is 6.99. The molecule has 4 aromatic rings. The molecule has 0 N–H and O–H groups in total. The highest BCUT2D eigenvalue weighted by atomic mass is 16.5. The van der Waals surface area contributed by atoms with Crippen LogP contribution in [0, 0.1) is 0 Å². The first-order valence-corrected chi connectivity index (χ1v) is 12.3. The molecule has 1 aliphatic heterocycles. The van der Waals surface area contributed by atoms with Crippen molar-refractivity contribution in [3.8, 4) is 11.5 Å². The molecule has 1 saturated heterocycles. The zero-order valence-corrected chi connectivity index (χ0v) is 21.9. The smallest absolute Gasteiger partial charge is 0.332 e. The van der Waals surface area contributed by atoms with Crippen LogP contribution in [0.1, 0.15) is 15.9 Å². The first-order valence-electron chi connectivity index (χ1n) is 12.3. The van der Waals surface area contributed by atoms with E-state index >= 15 is 0 Å². The summed E-state index contributed by atoms with van der Waals surface area (Å²) in [5, 5.41) is 0. The van der Waals surface area contributed by atoms with Crippen molar-refractivity contribution in [2.24, 2.45) is 14.1 Å². The number of aryl methyl sites for hydroxylation is 1. The first kappa shape index (κ1) is 25.1. The highest BCUT2D eigenvalue weighted by Crippen LogP contribution is 2.29. The van der Waals surface area contributed by atoms with Crippen LogP contribution in [0.5, 0.6) is 11.5 Å². The van der Waals surface area contributed by atoms with Gasteiger partial charge in [-0.05, 0) is 23.8 Å². The average molecular weight is 519 g/mol. The Morgan fingerprint density at radius 1 is 0.895 bits per heavy atom. The lowest BCUT2D eigenvalue weighted by Gasteiger charge is -2.35. The maximum atomic E-state index is 13.2. The fourth-order valence-corrected chi connectivity index (χ4v) is 4.85. The molecule has 11 heteroatoms. The van der Waals surface area contributed by atoms with Gasteiger partial charge in [0.25, 0.3) is 11.5 Å². The molecule has 0 radical (unpaired) electrons. The summed E-state index contributed by atoms with van der Waals surface area (Å²) in [6, 6.07) is 14.9. The highest BCUT2D eigenvalue weighted by Gasteiger charge is 2.28. The van der Waals surface area contributed by atoms with E-state index in [0.29, 0.717) is 66.9 Å². The molecular weight excluding hydrogens is 488 g/mol. The molecule has 2 aromatic carbocycles. The second kappa shape index (κ2) is 10.1. The number of amides is 1. The summed E-state index contributed by atoms with van der Waals surface area (Å²) in [5.74, 6) is 1.56. The number of fused-ring (bicyclic) bond motifs is 1. The average Bonchev–Trinajstić information content (AvgIpc) is 3.33. The number of nitrogens with zero attached hydrogens (tertiary/aromatic N) is 6. The Bertz CT molecular complexity index is 1610. The van der Waals surface area contributed by atoms with Crippen LogP contribution in [0.3, 0.4) is 0 Å². The number of carbonyl (C=O) groups excluding carboxylic acids is 1. The van der Waals surface area contributed by atoms with Crippen LogP contribution in [0.4, 0.5) is 5.95 Å². The van der Waals surface area contributed by atoms with Gasteiger partial charge >= 0.3 is 5.69 Å². The molecule has 1 fully saturated rings. The molecule has 1 amide bonds. The van der Waals surface area contributed by atoms with Gasteiger partial charge in [-0.1, -0.05) is 30.3 Å². The second-order valence-corrected chi connectivity index (χ2v) is 9.21.